The van der Waals surface area contributed by atoms with Crippen molar-refractivity contribution < 1.29 is 4.79 Å². The molecule has 21 heavy (non-hydrogen) atoms. The van der Waals surface area contributed by atoms with Gasteiger partial charge < -0.3 is 14.8 Å². The maximum absolute atomic E-state index is 12.3. The normalized spacial score (nSPS) is 15.0. The van der Waals surface area contributed by atoms with Gasteiger partial charge in [-0.25, -0.2) is 4.98 Å². The number of pyridine rings is 1. The van der Waals surface area contributed by atoms with Crippen LogP contribution in [-0.2, 0) is 0 Å². The standard InChI is InChI=1S/C14H15N5O2/c20-12-1-2-15-9-11(12)14(21)19-7-5-18(6-8-19)13-10-16-3-4-17-13/h1-4,9-10H,5-8H2,(H,15,20). The summed E-state index contributed by atoms with van der Waals surface area (Å²) in [5.41, 5.74) is -0.0689. The molecule has 1 N–H and O–H groups in total. The number of rotatable bonds is 2. The summed E-state index contributed by atoms with van der Waals surface area (Å²) < 4.78 is 0. The van der Waals surface area contributed by atoms with Crippen molar-refractivity contribution in [1.82, 2.24) is 19.9 Å². The van der Waals surface area contributed by atoms with Gasteiger partial charge in [0.05, 0.1) is 6.20 Å². The first-order valence-electron chi connectivity index (χ1n) is 6.73. The lowest BCUT2D eigenvalue weighted by Gasteiger charge is -2.35. The Morgan fingerprint density at radius 3 is 2.67 bits per heavy atom. The highest BCUT2D eigenvalue weighted by atomic mass is 16.2. The van der Waals surface area contributed by atoms with E-state index < -0.39 is 0 Å². The van der Waals surface area contributed by atoms with E-state index in [1.54, 1.807) is 23.5 Å². The lowest BCUT2D eigenvalue weighted by molar-refractivity contribution is 0.0745. The number of carbonyl (C=O) groups is 1. The van der Waals surface area contributed by atoms with Crippen molar-refractivity contribution in [2.24, 2.45) is 0 Å². The van der Waals surface area contributed by atoms with E-state index in [-0.39, 0.29) is 16.9 Å². The first-order chi connectivity index (χ1) is 10.3. The molecule has 0 aromatic carbocycles. The molecule has 0 saturated carbocycles. The SMILES string of the molecule is O=C(c1c[nH]ccc1=O)N1CCN(c2cnccn2)CC1. The molecule has 7 nitrogen and oxygen atoms in total. The topological polar surface area (TPSA) is 82.2 Å². The van der Waals surface area contributed by atoms with E-state index >= 15 is 0 Å². The van der Waals surface area contributed by atoms with Crippen LogP contribution in [0.3, 0.4) is 0 Å². The first kappa shape index (κ1) is 13.3. The molecule has 0 bridgehead atoms. The molecule has 2 aromatic rings. The maximum Gasteiger partial charge on any atom is 0.259 e. The van der Waals surface area contributed by atoms with Crippen LogP contribution in [0.25, 0.3) is 0 Å². The number of carbonyl (C=O) groups excluding carboxylic acids is 1. The number of H-pyrrole nitrogens is 1. The van der Waals surface area contributed by atoms with Crippen molar-refractivity contribution >= 4 is 11.7 Å². The average molecular weight is 285 g/mol. The molecular weight excluding hydrogens is 270 g/mol. The third kappa shape index (κ3) is 2.76. The van der Waals surface area contributed by atoms with E-state index in [0.29, 0.717) is 26.2 Å². The van der Waals surface area contributed by atoms with Gasteiger partial charge in [0, 0.05) is 57.0 Å². The predicted octanol–water partition coefficient (Wildman–Crippen LogP) is 0.127. The third-order valence-electron chi connectivity index (χ3n) is 3.49. The van der Waals surface area contributed by atoms with Gasteiger partial charge in [0.15, 0.2) is 5.43 Å². The van der Waals surface area contributed by atoms with Crippen molar-refractivity contribution in [2.45, 2.75) is 0 Å². The zero-order valence-electron chi connectivity index (χ0n) is 11.4. The first-order valence-corrected chi connectivity index (χ1v) is 6.73. The van der Waals surface area contributed by atoms with Gasteiger partial charge in [-0.05, 0) is 0 Å². The third-order valence-corrected chi connectivity index (χ3v) is 3.49. The number of amides is 1. The van der Waals surface area contributed by atoms with Crippen molar-refractivity contribution in [3.63, 3.8) is 0 Å². The molecule has 1 saturated heterocycles. The molecule has 1 fully saturated rings. The largest absolute Gasteiger partial charge is 0.367 e. The van der Waals surface area contributed by atoms with E-state index in [1.807, 2.05) is 0 Å². The number of anilines is 1. The Morgan fingerprint density at radius 2 is 2.00 bits per heavy atom. The Kier molecular flexibility index (Phi) is 3.63. The Balaban J connectivity index is 1.68. The number of piperazine rings is 1. The van der Waals surface area contributed by atoms with Crippen molar-refractivity contribution in [3.8, 4) is 0 Å². The maximum atomic E-state index is 12.3. The van der Waals surface area contributed by atoms with Gasteiger partial charge >= 0.3 is 0 Å². The van der Waals surface area contributed by atoms with Gasteiger partial charge in [-0.15, -0.1) is 0 Å². The molecule has 1 aliphatic rings. The van der Waals surface area contributed by atoms with Gasteiger partial charge in [0.1, 0.15) is 11.4 Å². The number of nitrogens with one attached hydrogen (secondary N) is 1. The van der Waals surface area contributed by atoms with E-state index in [0.717, 1.165) is 5.82 Å². The molecule has 0 spiro atoms. The van der Waals surface area contributed by atoms with Gasteiger partial charge in [0.25, 0.3) is 5.91 Å². The molecule has 3 heterocycles. The minimum absolute atomic E-state index is 0.186. The minimum Gasteiger partial charge on any atom is -0.367 e. The summed E-state index contributed by atoms with van der Waals surface area (Å²) in [5.74, 6) is 0.581. The fourth-order valence-electron chi connectivity index (χ4n) is 2.35. The second-order valence-corrected chi connectivity index (χ2v) is 4.77. The summed E-state index contributed by atoms with van der Waals surface area (Å²) in [6.45, 7) is 2.47. The second-order valence-electron chi connectivity index (χ2n) is 4.77. The van der Waals surface area contributed by atoms with Crippen molar-refractivity contribution in [3.05, 3.63) is 52.8 Å². The molecule has 3 rings (SSSR count). The van der Waals surface area contributed by atoms with Crippen LogP contribution in [0.5, 0.6) is 0 Å². The molecule has 2 aromatic heterocycles. The minimum atomic E-state index is -0.255. The fourth-order valence-corrected chi connectivity index (χ4v) is 2.35. The predicted molar refractivity (Wildman–Crippen MR) is 77.2 cm³/mol. The van der Waals surface area contributed by atoms with Gasteiger partial charge in [-0.1, -0.05) is 0 Å². The molecule has 7 heteroatoms. The van der Waals surface area contributed by atoms with Gasteiger partial charge in [-0.2, -0.15) is 0 Å². The molecule has 0 aliphatic carbocycles. The molecule has 0 radical (unpaired) electrons. The molecule has 108 valence electrons. The quantitative estimate of drug-likeness (QED) is 0.848. The van der Waals surface area contributed by atoms with Crippen LogP contribution in [-0.4, -0.2) is 51.9 Å². The van der Waals surface area contributed by atoms with Crippen molar-refractivity contribution in [1.29, 1.82) is 0 Å². The van der Waals surface area contributed by atoms with Crippen LogP contribution in [0.15, 0.2) is 41.8 Å². The summed E-state index contributed by atoms with van der Waals surface area (Å²) in [5, 5.41) is 0. The highest BCUT2D eigenvalue weighted by molar-refractivity contribution is 5.93. The molecular formula is C14H15N5O2. The fraction of sp³-hybridized carbons (Fsp3) is 0.286. The van der Waals surface area contributed by atoms with E-state index in [9.17, 15) is 9.59 Å². The number of aromatic nitrogens is 3. The Hall–Kier alpha value is -2.70. The van der Waals surface area contributed by atoms with Crippen LogP contribution in [0, 0.1) is 0 Å². The lowest BCUT2D eigenvalue weighted by atomic mass is 10.2. The zero-order chi connectivity index (χ0) is 14.7. The smallest absolute Gasteiger partial charge is 0.259 e. The summed E-state index contributed by atoms with van der Waals surface area (Å²) in [6.07, 6.45) is 7.96. The van der Waals surface area contributed by atoms with Gasteiger partial charge in [0.2, 0.25) is 0 Å². The second kappa shape index (κ2) is 5.74. The van der Waals surface area contributed by atoms with Crippen LogP contribution >= 0.6 is 0 Å². The lowest BCUT2D eigenvalue weighted by Crippen LogP contribution is -2.49. The van der Waals surface area contributed by atoms with Gasteiger partial charge in [-0.3, -0.25) is 14.6 Å². The van der Waals surface area contributed by atoms with Crippen LogP contribution in [0.4, 0.5) is 5.82 Å². The van der Waals surface area contributed by atoms with E-state index in [2.05, 4.69) is 19.9 Å². The number of aromatic amines is 1. The zero-order valence-corrected chi connectivity index (χ0v) is 11.4. The average Bonchev–Trinajstić information content (AvgIpc) is 2.56. The number of nitrogens with zero attached hydrogens (tertiary/aromatic N) is 4. The van der Waals surface area contributed by atoms with Crippen molar-refractivity contribution in [2.75, 3.05) is 31.1 Å². The molecule has 0 atom stereocenters. The Morgan fingerprint density at radius 1 is 1.19 bits per heavy atom. The van der Waals surface area contributed by atoms with Crippen LogP contribution in [0.2, 0.25) is 0 Å². The summed E-state index contributed by atoms with van der Waals surface area (Å²) in [7, 11) is 0. The summed E-state index contributed by atoms with van der Waals surface area (Å²) in [4.78, 5) is 38.9. The van der Waals surface area contributed by atoms with E-state index in [1.165, 1.54) is 18.5 Å². The Bertz CT molecular complexity index is 677. The summed E-state index contributed by atoms with van der Waals surface area (Å²) >= 11 is 0. The number of hydrogen-bond acceptors (Lipinski definition) is 5. The highest BCUT2D eigenvalue weighted by Crippen LogP contribution is 2.12. The highest BCUT2D eigenvalue weighted by Gasteiger charge is 2.24. The van der Waals surface area contributed by atoms with Crippen LogP contribution < -0.4 is 10.3 Å². The Labute approximate surface area is 121 Å². The summed E-state index contributed by atoms with van der Waals surface area (Å²) in [6, 6.07) is 1.36. The molecule has 1 amide bonds. The molecule has 0 unspecified atom stereocenters. The monoisotopic (exact) mass is 285 g/mol. The van der Waals surface area contributed by atoms with E-state index in [4.69, 9.17) is 0 Å². The van der Waals surface area contributed by atoms with Crippen LogP contribution in [0.1, 0.15) is 10.4 Å². The molecule has 1 aliphatic heterocycles. The number of hydrogen-bond donors (Lipinski definition) is 1.